The summed E-state index contributed by atoms with van der Waals surface area (Å²) in [6.07, 6.45) is 2.16. The highest BCUT2D eigenvalue weighted by Crippen LogP contribution is 2.22. The summed E-state index contributed by atoms with van der Waals surface area (Å²) >= 11 is 0. The van der Waals surface area contributed by atoms with Gasteiger partial charge in [-0.25, -0.2) is 17.2 Å². The molecule has 2 heterocycles. The van der Waals surface area contributed by atoms with E-state index in [-0.39, 0.29) is 25.5 Å². The molecule has 0 spiro atoms. The van der Waals surface area contributed by atoms with E-state index < -0.39 is 26.6 Å². The number of carbonyl (C=O) groups is 1. The zero-order chi connectivity index (χ0) is 19.6. The van der Waals surface area contributed by atoms with Gasteiger partial charge in [0.05, 0.1) is 6.54 Å². The van der Waals surface area contributed by atoms with Crippen LogP contribution >= 0.6 is 0 Å². The Bertz CT molecular complexity index is 795. The molecule has 1 amide bonds. The largest absolute Gasteiger partial charge is 0.341 e. The number of piperazine rings is 1. The number of rotatable bonds is 4. The first-order valence-electron chi connectivity index (χ1n) is 9.22. The van der Waals surface area contributed by atoms with Gasteiger partial charge >= 0.3 is 0 Å². The Kier molecular flexibility index (Phi) is 6.12. The Morgan fingerprint density at radius 2 is 1.85 bits per heavy atom. The third-order valence-corrected chi connectivity index (χ3v) is 7.14. The van der Waals surface area contributed by atoms with Crippen LogP contribution in [0.15, 0.2) is 23.1 Å². The molecule has 3 rings (SSSR count). The third-order valence-electron chi connectivity index (χ3n) is 5.21. The standard InChI is InChI=1S/C18H25F2N3O3S/c1-14-3-2-6-22(12-14)18(24)13-21-7-9-23(10-8-21)27(25,26)17-5-4-15(19)11-16(17)20/h4-5,11,14H,2-3,6-10,12-13H2,1H3/t14-/m0/s1. The minimum atomic E-state index is -4.02. The van der Waals surface area contributed by atoms with Gasteiger partial charge in [0, 0.05) is 45.3 Å². The van der Waals surface area contributed by atoms with E-state index in [0.717, 1.165) is 38.1 Å². The van der Waals surface area contributed by atoms with Crippen molar-refractivity contribution in [3.05, 3.63) is 29.8 Å². The Morgan fingerprint density at radius 3 is 2.48 bits per heavy atom. The number of likely N-dealkylation sites (tertiary alicyclic amines) is 1. The van der Waals surface area contributed by atoms with E-state index in [1.165, 1.54) is 4.31 Å². The first-order chi connectivity index (χ1) is 12.8. The van der Waals surface area contributed by atoms with Crippen molar-refractivity contribution in [3.8, 4) is 0 Å². The SMILES string of the molecule is C[C@H]1CCCN(C(=O)CN2CCN(S(=O)(=O)c3ccc(F)cc3F)CC2)C1. The van der Waals surface area contributed by atoms with Gasteiger partial charge in [-0.05, 0) is 30.9 Å². The predicted molar refractivity (Wildman–Crippen MR) is 96.5 cm³/mol. The van der Waals surface area contributed by atoms with E-state index >= 15 is 0 Å². The van der Waals surface area contributed by atoms with Crippen LogP contribution in [0.4, 0.5) is 8.78 Å². The molecule has 1 aromatic carbocycles. The molecule has 2 saturated heterocycles. The molecule has 1 aromatic rings. The lowest BCUT2D eigenvalue weighted by molar-refractivity contribution is -0.134. The third kappa shape index (κ3) is 4.64. The van der Waals surface area contributed by atoms with Crippen LogP contribution in [0.3, 0.4) is 0 Å². The summed E-state index contributed by atoms with van der Waals surface area (Å²) in [7, 11) is -4.02. The number of sulfonamides is 1. The van der Waals surface area contributed by atoms with Gasteiger partial charge in [-0.3, -0.25) is 9.69 Å². The second-order valence-corrected chi connectivity index (χ2v) is 9.25. The lowest BCUT2D eigenvalue weighted by atomic mass is 10.0. The zero-order valence-corrected chi connectivity index (χ0v) is 16.2. The van der Waals surface area contributed by atoms with E-state index in [1.54, 1.807) is 0 Å². The lowest BCUT2D eigenvalue weighted by Gasteiger charge is -2.36. The molecule has 0 aliphatic carbocycles. The number of hydrogen-bond acceptors (Lipinski definition) is 4. The van der Waals surface area contributed by atoms with Crippen LogP contribution in [-0.4, -0.2) is 74.2 Å². The van der Waals surface area contributed by atoms with Crippen LogP contribution < -0.4 is 0 Å². The van der Waals surface area contributed by atoms with Crippen molar-refractivity contribution >= 4 is 15.9 Å². The van der Waals surface area contributed by atoms with Gasteiger partial charge < -0.3 is 4.90 Å². The van der Waals surface area contributed by atoms with Crippen LogP contribution in [0.5, 0.6) is 0 Å². The molecular weight excluding hydrogens is 376 g/mol. The van der Waals surface area contributed by atoms with Crippen LogP contribution in [0, 0.1) is 17.6 Å². The maximum Gasteiger partial charge on any atom is 0.246 e. The minimum Gasteiger partial charge on any atom is -0.341 e. The van der Waals surface area contributed by atoms with Crippen molar-refractivity contribution < 1.29 is 22.0 Å². The van der Waals surface area contributed by atoms with Crippen molar-refractivity contribution in [2.24, 2.45) is 5.92 Å². The van der Waals surface area contributed by atoms with Gasteiger partial charge in [0.15, 0.2) is 0 Å². The van der Waals surface area contributed by atoms with Gasteiger partial charge in [0.25, 0.3) is 0 Å². The van der Waals surface area contributed by atoms with Crippen LogP contribution in [0.1, 0.15) is 19.8 Å². The summed E-state index contributed by atoms with van der Waals surface area (Å²) in [4.78, 5) is 15.7. The molecule has 2 fully saturated rings. The maximum absolute atomic E-state index is 13.9. The molecule has 150 valence electrons. The summed E-state index contributed by atoms with van der Waals surface area (Å²) in [5, 5.41) is 0. The van der Waals surface area contributed by atoms with E-state index in [2.05, 4.69) is 6.92 Å². The molecule has 6 nitrogen and oxygen atoms in total. The maximum atomic E-state index is 13.9. The van der Waals surface area contributed by atoms with Gasteiger partial charge in [-0.15, -0.1) is 0 Å². The molecule has 2 aliphatic rings. The average molecular weight is 401 g/mol. The van der Waals surface area contributed by atoms with E-state index in [1.807, 2.05) is 9.80 Å². The molecular formula is C18H25F2N3O3S. The Balaban J connectivity index is 1.57. The van der Waals surface area contributed by atoms with Crippen molar-refractivity contribution in [3.63, 3.8) is 0 Å². The normalized spacial score (nSPS) is 22.8. The van der Waals surface area contributed by atoms with Gasteiger partial charge in [-0.2, -0.15) is 4.31 Å². The molecule has 0 saturated carbocycles. The molecule has 0 aromatic heterocycles. The minimum absolute atomic E-state index is 0.0717. The topological polar surface area (TPSA) is 60.9 Å². The van der Waals surface area contributed by atoms with E-state index in [0.29, 0.717) is 25.1 Å². The summed E-state index contributed by atoms with van der Waals surface area (Å²) in [5.41, 5.74) is 0. The first-order valence-corrected chi connectivity index (χ1v) is 10.7. The number of hydrogen-bond donors (Lipinski definition) is 0. The number of carbonyl (C=O) groups excluding carboxylic acids is 1. The molecule has 0 unspecified atom stereocenters. The number of piperidine rings is 1. The number of nitrogens with zero attached hydrogens (tertiary/aromatic N) is 3. The fourth-order valence-electron chi connectivity index (χ4n) is 3.66. The summed E-state index contributed by atoms with van der Waals surface area (Å²) in [5.74, 6) is -1.33. The van der Waals surface area contributed by atoms with E-state index in [9.17, 15) is 22.0 Å². The number of benzene rings is 1. The van der Waals surface area contributed by atoms with Crippen molar-refractivity contribution in [2.45, 2.75) is 24.7 Å². The van der Waals surface area contributed by atoms with Gasteiger partial charge in [-0.1, -0.05) is 6.92 Å². The number of halogens is 2. The highest BCUT2D eigenvalue weighted by Gasteiger charge is 2.32. The second kappa shape index (κ2) is 8.20. The summed E-state index contributed by atoms with van der Waals surface area (Å²) in [6.45, 7) is 5.10. The zero-order valence-electron chi connectivity index (χ0n) is 15.4. The average Bonchev–Trinajstić information content (AvgIpc) is 2.62. The van der Waals surface area contributed by atoms with Crippen molar-refractivity contribution in [1.82, 2.24) is 14.1 Å². The smallest absolute Gasteiger partial charge is 0.246 e. The van der Waals surface area contributed by atoms with E-state index in [4.69, 9.17) is 0 Å². The Labute approximate surface area is 158 Å². The van der Waals surface area contributed by atoms with Crippen LogP contribution in [-0.2, 0) is 14.8 Å². The van der Waals surface area contributed by atoms with Crippen molar-refractivity contribution in [1.29, 1.82) is 0 Å². The lowest BCUT2D eigenvalue weighted by Crippen LogP contribution is -2.52. The molecule has 2 aliphatic heterocycles. The highest BCUT2D eigenvalue weighted by molar-refractivity contribution is 7.89. The van der Waals surface area contributed by atoms with Gasteiger partial charge in [0.1, 0.15) is 16.5 Å². The first kappa shape index (κ1) is 20.2. The molecule has 27 heavy (non-hydrogen) atoms. The highest BCUT2D eigenvalue weighted by atomic mass is 32.2. The fourth-order valence-corrected chi connectivity index (χ4v) is 5.13. The fraction of sp³-hybridized carbons (Fsp3) is 0.611. The Morgan fingerprint density at radius 1 is 1.15 bits per heavy atom. The van der Waals surface area contributed by atoms with Crippen LogP contribution in [0.2, 0.25) is 0 Å². The summed E-state index contributed by atoms with van der Waals surface area (Å²) < 4.78 is 53.3. The molecule has 9 heteroatoms. The second-order valence-electron chi connectivity index (χ2n) is 7.34. The Hall–Kier alpha value is -1.58. The molecule has 1 atom stereocenters. The molecule has 0 N–H and O–H groups in total. The molecule has 0 bridgehead atoms. The predicted octanol–water partition coefficient (Wildman–Crippen LogP) is 1.53. The monoisotopic (exact) mass is 401 g/mol. The quantitative estimate of drug-likeness (QED) is 0.768. The summed E-state index contributed by atoms with van der Waals surface area (Å²) in [6, 6.07) is 2.46. The van der Waals surface area contributed by atoms with Gasteiger partial charge in [0.2, 0.25) is 15.9 Å². The van der Waals surface area contributed by atoms with Crippen LogP contribution in [0.25, 0.3) is 0 Å². The van der Waals surface area contributed by atoms with Crippen molar-refractivity contribution in [2.75, 3.05) is 45.8 Å². The molecule has 0 radical (unpaired) electrons. The number of amides is 1.